The minimum Gasteiger partial charge on any atom is -0.462 e. The molecule has 1 amide bonds. The number of hydrogen-bond donors (Lipinski definition) is 0. The molecule has 2 aromatic heterocycles. The van der Waals surface area contributed by atoms with Crippen LogP contribution in [-0.2, 0) is 4.74 Å². The number of benzene rings is 2. The number of nitro benzene ring substituents is 1. The molecule has 182 valence electrons. The molecule has 5 rings (SSSR count). The molecule has 0 aliphatic carbocycles. The van der Waals surface area contributed by atoms with Gasteiger partial charge in [0.15, 0.2) is 10.6 Å². The Bertz CT molecular complexity index is 1630. The fourth-order valence-electron chi connectivity index (χ4n) is 4.11. The van der Waals surface area contributed by atoms with Gasteiger partial charge in [-0.15, -0.1) is 0 Å². The molecular formula is C24H16BrN3O7S. The third kappa shape index (κ3) is 3.78. The second-order valence-corrected chi connectivity index (χ2v) is 9.77. The monoisotopic (exact) mass is 569 g/mol. The first-order chi connectivity index (χ1) is 17.2. The molecule has 0 radical (unpaired) electrons. The molecule has 0 saturated carbocycles. The van der Waals surface area contributed by atoms with E-state index in [1.54, 1.807) is 32.0 Å². The van der Waals surface area contributed by atoms with Crippen molar-refractivity contribution in [2.75, 3.05) is 11.5 Å². The minimum absolute atomic E-state index is 0.0880. The van der Waals surface area contributed by atoms with E-state index in [1.165, 1.54) is 29.2 Å². The average Bonchev–Trinajstić information content (AvgIpc) is 3.37. The lowest BCUT2D eigenvalue weighted by atomic mass is 9.98. The lowest BCUT2D eigenvalue weighted by Crippen LogP contribution is -2.29. The van der Waals surface area contributed by atoms with Crippen LogP contribution in [0.5, 0.6) is 0 Å². The van der Waals surface area contributed by atoms with Gasteiger partial charge in [-0.05, 0) is 49.7 Å². The number of fused-ring (bicyclic) bond motifs is 2. The molecule has 1 aliphatic rings. The van der Waals surface area contributed by atoms with Crippen LogP contribution in [0.3, 0.4) is 0 Å². The van der Waals surface area contributed by atoms with Crippen molar-refractivity contribution in [1.82, 2.24) is 4.98 Å². The molecule has 0 bridgehead atoms. The normalized spacial score (nSPS) is 14.8. The Kier molecular flexibility index (Phi) is 5.92. The van der Waals surface area contributed by atoms with Gasteiger partial charge in [-0.2, -0.15) is 0 Å². The lowest BCUT2D eigenvalue weighted by molar-refractivity contribution is -0.384. The number of esters is 1. The third-order valence-electron chi connectivity index (χ3n) is 5.70. The van der Waals surface area contributed by atoms with Crippen molar-refractivity contribution in [3.05, 3.63) is 94.7 Å². The number of nitrogens with zero attached hydrogens (tertiary/aromatic N) is 3. The lowest BCUT2D eigenvalue weighted by Gasteiger charge is -2.22. The van der Waals surface area contributed by atoms with Crippen molar-refractivity contribution in [2.24, 2.45) is 0 Å². The molecule has 4 aromatic rings. The van der Waals surface area contributed by atoms with Crippen LogP contribution >= 0.6 is 27.3 Å². The van der Waals surface area contributed by atoms with E-state index in [9.17, 15) is 24.5 Å². The van der Waals surface area contributed by atoms with Gasteiger partial charge >= 0.3 is 5.97 Å². The smallest absolute Gasteiger partial charge is 0.350 e. The van der Waals surface area contributed by atoms with Gasteiger partial charge in [0.05, 0.1) is 34.2 Å². The first kappa shape index (κ1) is 23.8. The highest BCUT2D eigenvalue weighted by molar-refractivity contribution is 9.10. The standard InChI is InChI=1S/C24H16BrN3O7S/c1-3-34-23(31)21-11(2)26-24(36-21)27-18(12-4-7-14(8-5-12)28(32)33)17-19(29)15-10-13(25)6-9-16(15)35-20(17)22(27)30/h4-10,18H,3H2,1-2H3. The Hall–Kier alpha value is -3.90. The molecule has 1 aliphatic heterocycles. The van der Waals surface area contributed by atoms with Crippen LogP contribution in [-0.4, -0.2) is 28.4 Å². The number of aryl methyl sites for hydroxylation is 1. The fourth-order valence-corrected chi connectivity index (χ4v) is 5.46. The van der Waals surface area contributed by atoms with Crippen LogP contribution in [0.25, 0.3) is 11.0 Å². The summed E-state index contributed by atoms with van der Waals surface area (Å²) in [6.45, 7) is 3.47. The van der Waals surface area contributed by atoms with E-state index >= 15 is 0 Å². The molecule has 3 heterocycles. The molecule has 1 atom stereocenters. The first-order valence-electron chi connectivity index (χ1n) is 10.7. The highest BCUT2D eigenvalue weighted by atomic mass is 79.9. The van der Waals surface area contributed by atoms with Crippen molar-refractivity contribution < 1.29 is 23.7 Å². The van der Waals surface area contributed by atoms with Gasteiger partial charge in [-0.25, -0.2) is 9.78 Å². The maximum Gasteiger partial charge on any atom is 0.350 e. The topological polar surface area (TPSA) is 133 Å². The summed E-state index contributed by atoms with van der Waals surface area (Å²) in [5, 5.41) is 11.6. The van der Waals surface area contributed by atoms with E-state index in [-0.39, 0.29) is 44.6 Å². The second-order valence-electron chi connectivity index (χ2n) is 7.87. The van der Waals surface area contributed by atoms with E-state index < -0.39 is 28.3 Å². The Morgan fingerprint density at radius 1 is 1.25 bits per heavy atom. The van der Waals surface area contributed by atoms with Gasteiger partial charge in [-0.3, -0.25) is 24.6 Å². The number of carbonyl (C=O) groups excluding carboxylic acids is 2. The number of non-ortho nitro benzene ring substituents is 1. The molecule has 0 N–H and O–H groups in total. The SMILES string of the molecule is CCOC(=O)c1sc(N2C(=O)c3oc4ccc(Br)cc4c(=O)c3C2c2ccc([N+](=O)[O-])cc2)nc1C. The van der Waals surface area contributed by atoms with E-state index in [1.807, 2.05) is 0 Å². The number of thiazole rings is 1. The maximum atomic E-state index is 13.7. The zero-order valence-corrected chi connectivity index (χ0v) is 21.2. The van der Waals surface area contributed by atoms with Crippen molar-refractivity contribution in [2.45, 2.75) is 19.9 Å². The predicted octanol–water partition coefficient (Wildman–Crippen LogP) is 5.16. The van der Waals surface area contributed by atoms with Crippen LogP contribution in [0.15, 0.2) is 56.1 Å². The summed E-state index contributed by atoms with van der Waals surface area (Å²) in [6.07, 6.45) is 0. The summed E-state index contributed by atoms with van der Waals surface area (Å²) in [6, 6.07) is 9.47. The summed E-state index contributed by atoms with van der Waals surface area (Å²) in [5.41, 5.74) is 0.588. The molecular weight excluding hydrogens is 554 g/mol. The van der Waals surface area contributed by atoms with Crippen molar-refractivity contribution >= 4 is 60.9 Å². The molecule has 0 spiro atoms. The van der Waals surface area contributed by atoms with Crippen LogP contribution in [0.1, 0.15) is 50.0 Å². The molecule has 36 heavy (non-hydrogen) atoms. The van der Waals surface area contributed by atoms with Crippen molar-refractivity contribution in [3.63, 3.8) is 0 Å². The molecule has 12 heteroatoms. The highest BCUT2D eigenvalue weighted by Crippen LogP contribution is 2.43. The molecule has 0 saturated heterocycles. The largest absolute Gasteiger partial charge is 0.462 e. The van der Waals surface area contributed by atoms with Crippen LogP contribution in [0.4, 0.5) is 10.8 Å². The van der Waals surface area contributed by atoms with E-state index in [0.29, 0.717) is 15.7 Å². The van der Waals surface area contributed by atoms with Gasteiger partial charge in [-0.1, -0.05) is 27.3 Å². The van der Waals surface area contributed by atoms with Crippen molar-refractivity contribution in [1.29, 1.82) is 0 Å². The number of ether oxygens (including phenoxy) is 1. The quantitative estimate of drug-likeness (QED) is 0.183. The third-order valence-corrected chi connectivity index (χ3v) is 7.33. The Labute approximate surface area is 215 Å². The van der Waals surface area contributed by atoms with Gasteiger partial charge in [0.1, 0.15) is 10.5 Å². The zero-order valence-electron chi connectivity index (χ0n) is 18.8. The summed E-state index contributed by atoms with van der Waals surface area (Å²) in [7, 11) is 0. The fraction of sp³-hybridized carbons (Fsp3) is 0.167. The number of carbonyl (C=O) groups is 2. The van der Waals surface area contributed by atoms with Gasteiger partial charge < -0.3 is 9.15 Å². The second kappa shape index (κ2) is 8.95. The van der Waals surface area contributed by atoms with Crippen molar-refractivity contribution in [3.8, 4) is 0 Å². The Morgan fingerprint density at radius 2 is 1.97 bits per heavy atom. The van der Waals surface area contributed by atoms with Crippen LogP contribution < -0.4 is 10.3 Å². The number of aromatic nitrogens is 1. The maximum absolute atomic E-state index is 13.7. The predicted molar refractivity (Wildman–Crippen MR) is 135 cm³/mol. The highest BCUT2D eigenvalue weighted by Gasteiger charge is 2.45. The molecule has 10 nitrogen and oxygen atoms in total. The number of rotatable bonds is 5. The first-order valence-corrected chi connectivity index (χ1v) is 12.3. The number of hydrogen-bond acceptors (Lipinski definition) is 9. The minimum atomic E-state index is -0.978. The summed E-state index contributed by atoms with van der Waals surface area (Å²) >= 11 is 4.31. The number of amides is 1. The van der Waals surface area contributed by atoms with Crippen LogP contribution in [0.2, 0.25) is 0 Å². The summed E-state index contributed by atoms with van der Waals surface area (Å²) < 4.78 is 11.7. The Balaban J connectivity index is 1.74. The zero-order chi connectivity index (χ0) is 25.7. The number of anilines is 1. The number of nitro groups is 1. The number of halogens is 1. The van der Waals surface area contributed by atoms with Crippen LogP contribution in [0, 0.1) is 17.0 Å². The summed E-state index contributed by atoms with van der Waals surface area (Å²) in [4.78, 5) is 56.3. The van der Waals surface area contributed by atoms with Gasteiger partial charge in [0.2, 0.25) is 5.76 Å². The molecule has 0 fully saturated rings. The van der Waals surface area contributed by atoms with E-state index in [2.05, 4.69) is 20.9 Å². The summed E-state index contributed by atoms with van der Waals surface area (Å²) in [5.74, 6) is -1.33. The average molecular weight is 570 g/mol. The molecule has 2 aromatic carbocycles. The Morgan fingerprint density at radius 3 is 2.64 bits per heavy atom. The van der Waals surface area contributed by atoms with E-state index in [0.717, 1.165) is 11.3 Å². The van der Waals surface area contributed by atoms with Gasteiger partial charge in [0.25, 0.3) is 11.6 Å². The van der Waals surface area contributed by atoms with Gasteiger partial charge in [0, 0.05) is 16.6 Å². The van der Waals surface area contributed by atoms with E-state index in [4.69, 9.17) is 9.15 Å². The molecule has 1 unspecified atom stereocenters.